The van der Waals surface area contributed by atoms with Gasteiger partial charge in [0.1, 0.15) is 11.6 Å². The first-order valence-corrected chi connectivity index (χ1v) is 9.59. The fourth-order valence-electron chi connectivity index (χ4n) is 3.29. The zero-order valence-electron chi connectivity index (χ0n) is 15.9. The molecule has 29 heavy (non-hydrogen) atoms. The zero-order chi connectivity index (χ0) is 20.1. The molecule has 1 amide bonds. The highest BCUT2D eigenvalue weighted by Crippen LogP contribution is 2.16. The Morgan fingerprint density at radius 3 is 2.69 bits per heavy atom. The van der Waals surface area contributed by atoms with Crippen LogP contribution in [0, 0.1) is 5.82 Å². The summed E-state index contributed by atoms with van der Waals surface area (Å²) in [5.41, 5.74) is 0.673. The van der Waals surface area contributed by atoms with E-state index >= 15 is 0 Å². The summed E-state index contributed by atoms with van der Waals surface area (Å²) in [7, 11) is 0. The number of nitrogens with one attached hydrogen (secondary N) is 1. The van der Waals surface area contributed by atoms with Crippen LogP contribution in [0.5, 0.6) is 0 Å². The second-order valence-corrected chi connectivity index (χ2v) is 6.77. The standard InChI is InChI=1S/C21H22FN5O2/c22-17-5-2-1-4-16(17)7-9-23-19-8-10-24-21(25-19)27-13-11-26(12-14-27)20(28)18-6-3-15-29-18/h1-6,8,10,15H,7,9,11-14H2,(H,23,24,25). The Labute approximate surface area is 168 Å². The van der Waals surface area contributed by atoms with Crippen molar-refractivity contribution in [2.45, 2.75) is 6.42 Å². The van der Waals surface area contributed by atoms with Gasteiger partial charge in [-0.3, -0.25) is 4.79 Å². The molecule has 1 aliphatic rings. The predicted molar refractivity (Wildman–Crippen MR) is 107 cm³/mol. The number of rotatable bonds is 6. The number of benzene rings is 1. The van der Waals surface area contributed by atoms with Crippen LogP contribution < -0.4 is 10.2 Å². The molecular formula is C21H22FN5O2. The van der Waals surface area contributed by atoms with Crippen molar-refractivity contribution in [3.63, 3.8) is 0 Å². The maximum Gasteiger partial charge on any atom is 0.289 e. The number of nitrogens with zero attached hydrogens (tertiary/aromatic N) is 4. The van der Waals surface area contributed by atoms with E-state index in [9.17, 15) is 9.18 Å². The van der Waals surface area contributed by atoms with E-state index in [4.69, 9.17) is 4.42 Å². The molecule has 2 aromatic heterocycles. The SMILES string of the molecule is O=C(c1ccco1)N1CCN(c2nccc(NCCc3ccccc3F)n2)CC1. The van der Waals surface area contributed by atoms with Crippen molar-refractivity contribution >= 4 is 17.7 Å². The highest BCUT2D eigenvalue weighted by atomic mass is 19.1. The van der Waals surface area contributed by atoms with Gasteiger partial charge in [0, 0.05) is 38.9 Å². The summed E-state index contributed by atoms with van der Waals surface area (Å²) in [5, 5.41) is 3.22. The van der Waals surface area contributed by atoms with Crippen molar-refractivity contribution in [1.82, 2.24) is 14.9 Å². The molecule has 4 rings (SSSR count). The summed E-state index contributed by atoms with van der Waals surface area (Å²) in [6.07, 6.45) is 3.77. The molecule has 7 nitrogen and oxygen atoms in total. The Morgan fingerprint density at radius 2 is 1.93 bits per heavy atom. The Morgan fingerprint density at radius 1 is 1.10 bits per heavy atom. The molecule has 1 fully saturated rings. The van der Waals surface area contributed by atoms with Gasteiger partial charge >= 0.3 is 0 Å². The molecular weight excluding hydrogens is 373 g/mol. The molecule has 150 valence electrons. The summed E-state index contributed by atoms with van der Waals surface area (Å²) in [5.74, 6) is 1.38. The Balaban J connectivity index is 1.31. The third-order valence-corrected chi connectivity index (χ3v) is 4.88. The average molecular weight is 395 g/mol. The summed E-state index contributed by atoms with van der Waals surface area (Å²) < 4.78 is 18.9. The molecule has 0 atom stereocenters. The molecule has 0 aliphatic carbocycles. The highest BCUT2D eigenvalue weighted by molar-refractivity contribution is 5.91. The first-order chi connectivity index (χ1) is 14.2. The van der Waals surface area contributed by atoms with E-state index in [2.05, 4.69) is 15.3 Å². The van der Waals surface area contributed by atoms with Crippen molar-refractivity contribution < 1.29 is 13.6 Å². The van der Waals surface area contributed by atoms with Gasteiger partial charge in [-0.15, -0.1) is 0 Å². The minimum atomic E-state index is -0.195. The number of halogens is 1. The molecule has 8 heteroatoms. The van der Waals surface area contributed by atoms with Crippen molar-refractivity contribution in [2.24, 2.45) is 0 Å². The monoisotopic (exact) mass is 395 g/mol. The third-order valence-electron chi connectivity index (χ3n) is 4.88. The number of piperazine rings is 1. The van der Waals surface area contributed by atoms with Gasteiger partial charge in [-0.05, 0) is 36.2 Å². The number of hydrogen-bond donors (Lipinski definition) is 1. The van der Waals surface area contributed by atoms with Crippen LogP contribution in [0.4, 0.5) is 16.2 Å². The third kappa shape index (κ3) is 4.53. The molecule has 0 spiro atoms. The van der Waals surface area contributed by atoms with E-state index in [1.165, 1.54) is 12.3 Å². The molecule has 0 radical (unpaired) electrons. The number of amides is 1. The Hall–Kier alpha value is -3.42. The zero-order valence-corrected chi connectivity index (χ0v) is 15.9. The maximum atomic E-state index is 13.7. The summed E-state index contributed by atoms with van der Waals surface area (Å²) in [6, 6.07) is 11.9. The van der Waals surface area contributed by atoms with Gasteiger partial charge in [-0.1, -0.05) is 18.2 Å². The molecule has 3 aromatic rings. The van der Waals surface area contributed by atoms with E-state index in [0.29, 0.717) is 62.2 Å². The summed E-state index contributed by atoms with van der Waals surface area (Å²) in [6.45, 7) is 3.01. The maximum absolute atomic E-state index is 13.7. The van der Waals surface area contributed by atoms with Crippen LogP contribution in [-0.4, -0.2) is 53.5 Å². The van der Waals surface area contributed by atoms with E-state index < -0.39 is 0 Å². The molecule has 1 N–H and O–H groups in total. The Kier molecular flexibility index (Phi) is 5.69. The fraction of sp³-hybridized carbons (Fsp3) is 0.286. The second-order valence-electron chi connectivity index (χ2n) is 6.77. The van der Waals surface area contributed by atoms with Crippen molar-refractivity contribution in [1.29, 1.82) is 0 Å². The number of aromatic nitrogens is 2. The largest absolute Gasteiger partial charge is 0.459 e. The van der Waals surface area contributed by atoms with E-state index in [1.54, 1.807) is 41.4 Å². The molecule has 3 heterocycles. The molecule has 0 saturated carbocycles. The molecule has 1 saturated heterocycles. The number of anilines is 2. The minimum Gasteiger partial charge on any atom is -0.459 e. The summed E-state index contributed by atoms with van der Waals surface area (Å²) in [4.78, 5) is 25.1. The molecule has 1 aliphatic heterocycles. The predicted octanol–water partition coefficient (Wildman–Crippen LogP) is 2.83. The van der Waals surface area contributed by atoms with Crippen LogP contribution in [0.1, 0.15) is 16.1 Å². The van der Waals surface area contributed by atoms with Gasteiger partial charge in [-0.2, -0.15) is 4.98 Å². The molecule has 0 bridgehead atoms. The van der Waals surface area contributed by atoms with Crippen LogP contribution in [0.25, 0.3) is 0 Å². The van der Waals surface area contributed by atoms with E-state index in [1.807, 2.05) is 11.0 Å². The lowest BCUT2D eigenvalue weighted by Gasteiger charge is -2.34. The van der Waals surface area contributed by atoms with E-state index in [0.717, 1.165) is 0 Å². The van der Waals surface area contributed by atoms with Crippen LogP contribution in [0.2, 0.25) is 0 Å². The van der Waals surface area contributed by atoms with Gasteiger partial charge in [0.15, 0.2) is 5.76 Å². The van der Waals surface area contributed by atoms with Gasteiger partial charge < -0.3 is 19.5 Å². The second kappa shape index (κ2) is 8.72. The van der Waals surface area contributed by atoms with Crippen LogP contribution >= 0.6 is 0 Å². The topological polar surface area (TPSA) is 74.5 Å². The van der Waals surface area contributed by atoms with Crippen LogP contribution in [0.15, 0.2) is 59.3 Å². The fourth-order valence-corrected chi connectivity index (χ4v) is 3.29. The lowest BCUT2D eigenvalue weighted by atomic mass is 10.1. The summed E-state index contributed by atoms with van der Waals surface area (Å²) >= 11 is 0. The number of carbonyl (C=O) groups is 1. The lowest BCUT2D eigenvalue weighted by molar-refractivity contribution is 0.0714. The normalized spacial score (nSPS) is 14.1. The van der Waals surface area contributed by atoms with Gasteiger partial charge in [0.25, 0.3) is 5.91 Å². The van der Waals surface area contributed by atoms with Crippen LogP contribution in [0.3, 0.4) is 0 Å². The first-order valence-electron chi connectivity index (χ1n) is 9.59. The first kappa shape index (κ1) is 18.9. The number of carbonyl (C=O) groups excluding carboxylic acids is 1. The molecule has 1 aromatic carbocycles. The number of hydrogen-bond acceptors (Lipinski definition) is 6. The van der Waals surface area contributed by atoms with Gasteiger partial charge in [0.2, 0.25) is 5.95 Å². The van der Waals surface area contributed by atoms with E-state index in [-0.39, 0.29) is 11.7 Å². The highest BCUT2D eigenvalue weighted by Gasteiger charge is 2.24. The number of furan rings is 1. The van der Waals surface area contributed by atoms with Crippen LogP contribution in [-0.2, 0) is 6.42 Å². The van der Waals surface area contributed by atoms with Crippen molar-refractivity contribution in [3.05, 3.63) is 72.1 Å². The lowest BCUT2D eigenvalue weighted by Crippen LogP contribution is -2.49. The van der Waals surface area contributed by atoms with Crippen molar-refractivity contribution in [3.8, 4) is 0 Å². The molecule has 0 unspecified atom stereocenters. The quantitative estimate of drug-likeness (QED) is 0.692. The minimum absolute atomic E-state index is 0.0980. The average Bonchev–Trinajstić information content (AvgIpc) is 3.30. The van der Waals surface area contributed by atoms with Crippen molar-refractivity contribution in [2.75, 3.05) is 42.9 Å². The van der Waals surface area contributed by atoms with Gasteiger partial charge in [-0.25, -0.2) is 9.37 Å². The van der Waals surface area contributed by atoms with Gasteiger partial charge in [0.05, 0.1) is 6.26 Å². The smallest absolute Gasteiger partial charge is 0.289 e. The Bertz CT molecular complexity index is 955.